The number of fused-ring (bicyclic) bond motifs is 2. The number of aromatic amines is 1. The van der Waals surface area contributed by atoms with Crippen molar-refractivity contribution >= 4 is 57.1 Å². The molecule has 2 aliphatic heterocycles. The van der Waals surface area contributed by atoms with E-state index in [4.69, 9.17) is 11.6 Å². The highest BCUT2D eigenvalue weighted by molar-refractivity contribution is 8.02. The van der Waals surface area contributed by atoms with Crippen molar-refractivity contribution in [2.24, 2.45) is 0 Å². The van der Waals surface area contributed by atoms with E-state index in [1.165, 1.54) is 51.0 Å². The number of benzene rings is 2. The van der Waals surface area contributed by atoms with E-state index in [9.17, 15) is 23.1 Å². The molecule has 38 heavy (non-hydrogen) atoms. The molecule has 4 aromatic rings. The maximum atomic E-state index is 12.9. The summed E-state index contributed by atoms with van der Waals surface area (Å²) in [7, 11) is 0. The van der Waals surface area contributed by atoms with Gasteiger partial charge in [0.15, 0.2) is 9.96 Å². The van der Waals surface area contributed by atoms with Gasteiger partial charge in [-0.3, -0.25) is 9.69 Å². The van der Waals surface area contributed by atoms with Gasteiger partial charge >= 0.3 is 6.36 Å². The van der Waals surface area contributed by atoms with Gasteiger partial charge in [-0.05, 0) is 40.6 Å². The van der Waals surface area contributed by atoms with Crippen molar-refractivity contribution in [1.29, 1.82) is 0 Å². The number of rotatable bonds is 4. The Balaban J connectivity index is 0.000000273. The van der Waals surface area contributed by atoms with Crippen molar-refractivity contribution < 1.29 is 27.8 Å². The summed E-state index contributed by atoms with van der Waals surface area (Å²) in [5.41, 5.74) is 0.654. The second-order valence-electron chi connectivity index (χ2n) is 8.01. The summed E-state index contributed by atoms with van der Waals surface area (Å²) in [4.78, 5) is 23.7. The van der Waals surface area contributed by atoms with Crippen molar-refractivity contribution in [3.63, 3.8) is 0 Å². The van der Waals surface area contributed by atoms with Crippen LogP contribution in [0.5, 0.6) is 5.75 Å². The van der Waals surface area contributed by atoms with Crippen LogP contribution < -0.4 is 4.74 Å². The van der Waals surface area contributed by atoms with Crippen LogP contribution in [0.2, 0.25) is 4.47 Å². The second-order valence-corrected chi connectivity index (χ2v) is 10.7. The Kier molecular flexibility index (Phi) is 7.28. The molecule has 0 saturated heterocycles. The van der Waals surface area contributed by atoms with Crippen molar-refractivity contribution in [3.8, 4) is 5.75 Å². The van der Waals surface area contributed by atoms with Crippen LogP contribution in [-0.2, 0) is 11.3 Å². The van der Waals surface area contributed by atoms with Gasteiger partial charge in [0.2, 0.25) is 5.88 Å². The molecule has 0 spiro atoms. The van der Waals surface area contributed by atoms with Gasteiger partial charge in [-0.15, -0.1) is 24.5 Å². The Labute approximate surface area is 227 Å². The van der Waals surface area contributed by atoms with Crippen molar-refractivity contribution in [2.75, 3.05) is 0 Å². The Morgan fingerprint density at radius 3 is 2.71 bits per heavy atom. The molecular formula is C25H18ClF3N4O3S2. The highest BCUT2D eigenvalue weighted by atomic mass is 35.5. The molecule has 2 aromatic heterocycles. The number of carbonyl (C=O) groups is 1. The molecule has 0 radical (unpaired) electrons. The second kappa shape index (κ2) is 10.6. The third kappa shape index (κ3) is 5.62. The Morgan fingerprint density at radius 1 is 1.16 bits per heavy atom. The van der Waals surface area contributed by atoms with E-state index in [1.54, 1.807) is 22.7 Å². The number of carbonyl (C=O) groups excluding carboxylic acids is 1. The summed E-state index contributed by atoms with van der Waals surface area (Å²) in [6.45, 7) is 0.210. The molecule has 0 fully saturated rings. The average Bonchev–Trinajstić information content (AvgIpc) is 3.62. The molecule has 196 valence electrons. The van der Waals surface area contributed by atoms with Gasteiger partial charge in [-0.25, -0.2) is 4.98 Å². The normalized spacial score (nSPS) is 17.1. The number of para-hydroxylation sites is 1. The van der Waals surface area contributed by atoms with Gasteiger partial charge in [0.05, 0.1) is 6.54 Å². The molecule has 1 atom stereocenters. The highest BCUT2D eigenvalue weighted by Gasteiger charge is 2.42. The summed E-state index contributed by atoms with van der Waals surface area (Å²) in [5.74, 6) is -1.37. The predicted octanol–water partition coefficient (Wildman–Crippen LogP) is 6.94. The van der Waals surface area contributed by atoms with Gasteiger partial charge in [-0.1, -0.05) is 53.7 Å². The summed E-state index contributed by atoms with van der Waals surface area (Å²) < 4.78 is 41.9. The minimum atomic E-state index is -4.87. The molecule has 0 aliphatic carbocycles. The first-order chi connectivity index (χ1) is 18.2. The van der Waals surface area contributed by atoms with Crippen molar-refractivity contribution in [3.05, 3.63) is 99.4 Å². The smallest absolute Gasteiger partial charge is 0.494 e. The summed E-state index contributed by atoms with van der Waals surface area (Å²) in [5, 5.41) is 13.9. The zero-order valence-electron chi connectivity index (χ0n) is 19.2. The Hall–Kier alpha value is -3.61. The molecule has 7 nitrogen and oxygen atoms in total. The van der Waals surface area contributed by atoms with Gasteiger partial charge in [0, 0.05) is 29.0 Å². The molecule has 13 heteroatoms. The number of amides is 1. The number of hydrogen-bond donors (Lipinski definition) is 2. The fourth-order valence-corrected chi connectivity index (χ4v) is 5.89. The van der Waals surface area contributed by atoms with E-state index >= 15 is 0 Å². The third-order valence-corrected chi connectivity index (χ3v) is 7.64. The van der Waals surface area contributed by atoms with Gasteiger partial charge in [-0.2, -0.15) is 0 Å². The number of nitrogens with one attached hydrogen (secondary N) is 1. The molecular weight excluding hydrogens is 561 g/mol. The quantitative estimate of drug-likeness (QED) is 0.273. The number of halogens is 4. The lowest BCUT2D eigenvalue weighted by Gasteiger charge is -2.39. The summed E-state index contributed by atoms with van der Waals surface area (Å²) in [6.07, 6.45) is 0.200. The Morgan fingerprint density at radius 2 is 1.97 bits per heavy atom. The molecule has 0 saturated carbocycles. The van der Waals surface area contributed by atoms with E-state index in [2.05, 4.69) is 32.9 Å². The van der Waals surface area contributed by atoms with Crippen LogP contribution >= 0.6 is 34.7 Å². The SMILES string of the molecule is O=C1C(c2cccc(OC(F)(F)F)c2)=C(O)N(Cc2cnc(Cl)s2)C2SC=CN12.c1ccc2[nH]ccc2c1. The lowest BCUT2D eigenvalue weighted by Crippen LogP contribution is -2.48. The topological polar surface area (TPSA) is 81.7 Å². The number of thiazole rings is 1. The first-order valence-electron chi connectivity index (χ1n) is 11.0. The molecule has 6 rings (SSSR count). The van der Waals surface area contributed by atoms with Crippen LogP contribution in [0.3, 0.4) is 0 Å². The number of hydrogen-bond acceptors (Lipinski definition) is 7. The van der Waals surface area contributed by atoms with Gasteiger partial charge in [0.1, 0.15) is 11.3 Å². The molecule has 0 bridgehead atoms. The lowest BCUT2D eigenvalue weighted by molar-refractivity contribution is -0.274. The molecule has 2 N–H and O–H groups in total. The fourth-order valence-electron chi connectivity index (χ4n) is 3.95. The number of thioether (sulfide) groups is 1. The first kappa shape index (κ1) is 26.0. The van der Waals surface area contributed by atoms with Gasteiger partial charge in [0.25, 0.3) is 5.91 Å². The van der Waals surface area contributed by atoms with Crippen LogP contribution in [0.1, 0.15) is 10.4 Å². The highest BCUT2D eigenvalue weighted by Crippen LogP contribution is 2.41. The first-order valence-corrected chi connectivity index (χ1v) is 13.2. The standard InChI is InChI=1S/C17H11ClF3N3O3S2.C8H7N/c18-15-22-7-11(29-15)8-24-14(26)12(13(25)23-4-5-28-16(23)24)9-2-1-3-10(6-9)27-17(19,20)21;1-2-4-8-7(3-1)5-6-9-8/h1-7,16,26H,8H2;1-6,9H. The van der Waals surface area contributed by atoms with E-state index < -0.39 is 23.5 Å². The number of aromatic nitrogens is 2. The Bertz CT molecular complexity index is 1510. The van der Waals surface area contributed by atoms with Crippen LogP contribution in [0.4, 0.5) is 13.2 Å². The molecule has 2 aromatic carbocycles. The minimum Gasteiger partial charge on any atom is -0.494 e. The lowest BCUT2D eigenvalue weighted by atomic mass is 10.0. The van der Waals surface area contributed by atoms with E-state index in [1.807, 2.05) is 18.3 Å². The summed E-state index contributed by atoms with van der Waals surface area (Å²) >= 11 is 8.41. The maximum Gasteiger partial charge on any atom is 0.573 e. The van der Waals surface area contributed by atoms with Crippen LogP contribution in [-0.4, -0.2) is 42.6 Å². The number of nitrogens with zero attached hydrogens (tertiary/aromatic N) is 3. The monoisotopic (exact) mass is 578 g/mol. The largest absolute Gasteiger partial charge is 0.573 e. The van der Waals surface area contributed by atoms with Crippen LogP contribution in [0.15, 0.2) is 84.5 Å². The fraction of sp³-hybridized carbons (Fsp3) is 0.120. The van der Waals surface area contributed by atoms with Crippen molar-refractivity contribution in [2.45, 2.75) is 18.4 Å². The van der Waals surface area contributed by atoms with Crippen LogP contribution in [0.25, 0.3) is 16.5 Å². The number of ether oxygens (including phenoxy) is 1. The maximum absolute atomic E-state index is 12.9. The zero-order chi connectivity index (χ0) is 26.9. The number of alkyl halides is 3. The van der Waals surface area contributed by atoms with E-state index in [0.717, 1.165) is 17.0 Å². The molecule has 4 heterocycles. The minimum absolute atomic E-state index is 0.102. The number of H-pyrrole nitrogens is 1. The van der Waals surface area contributed by atoms with E-state index in [-0.39, 0.29) is 23.6 Å². The van der Waals surface area contributed by atoms with Crippen LogP contribution in [0, 0.1) is 0 Å². The average molecular weight is 579 g/mol. The zero-order valence-corrected chi connectivity index (χ0v) is 21.6. The van der Waals surface area contributed by atoms with E-state index in [0.29, 0.717) is 4.47 Å². The molecule has 1 unspecified atom stereocenters. The van der Waals surface area contributed by atoms with Gasteiger partial charge < -0.3 is 19.7 Å². The molecule has 2 aliphatic rings. The molecule has 1 amide bonds. The van der Waals surface area contributed by atoms with Crippen molar-refractivity contribution in [1.82, 2.24) is 19.8 Å². The number of aliphatic hydroxyl groups is 1. The summed E-state index contributed by atoms with van der Waals surface area (Å²) in [6, 6.07) is 15.2. The predicted molar refractivity (Wildman–Crippen MR) is 141 cm³/mol. The number of aliphatic hydroxyl groups excluding tert-OH is 1. The third-order valence-electron chi connectivity index (χ3n) is 5.54.